The summed E-state index contributed by atoms with van der Waals surface area (Å²) in [6.45, 7) is 0. The molecule has 0 saturated carbocycles. The number of hydrogen-bond acceptors (Lipinski definition) is 3. The number of primary amides is 2. The van der Waals surface area contributed by atoms with Crippen LogP contribution in [0, 0.1) is 0 Å². The van der Waals surface area contributed by atoms with Gasteiger partial charge in [-0.15, -0.1) is 0 Å². The minimum absolute atomic E-state index is 0.292. The molecule has 1 aliphatic heterocycles. The largest absolute Gasteiger partial charge is 0.366 e. The Morgan fingerprint density at radius 2 is 1.92 bits per heavy atom. The highest BCUT2D eigenvalue weighted by Crippen LogP contribution is 2.11. The number of nitrogens with two attached hydrogens (primary N) is 2. The Bertz CT molecular complexity index is 261. The third kappa shape index (κ3) is 1.69. The Morgan fingerprint density at radius 3 is 2.25 bits per heavy atom. The zero-order valence-electron chi connectivity index (χ0n) is 6.41. The van der Waals surface area contributed by atoms with E-state index in [2.05, 4.69) is 4.99 Å². The lowest BCUT2D eigenvalue weighted by Gasteiger charge is -2.07. The molecule has 12 heavy (non-hydrogen) atoms. The molecule has 1 rings (SSSR count). The Balaban J connectivity index is 2.80. The van der Waals surface area contributed by atoms with Gasteiger partial charge in [-0.1, -0.05) is 0 Å². The summed E-state index contributed by atoms with van der Waals surface area (Å²) >= 11 is 0. The van der Waals surface area contributed by atoms with E-state index in [0.29, 0.717) is 24.1 Å². The van der Waals surface area contributed by atoms with Crippen LogP contribution in [0.25, 0.3) is 0 Å². The highest BCUT2D eigenvalue weighted by molar-refractivity contribution is 6.38. The van der Waals surface area contributed by atoms with Gasteiger partial charge in [-0.25, -0.2) is 0 Å². The van der Waals surface area contributed by atoms with Crippen LogP contribution in [0.4, 0.5) is 0 Å². The molecular weight excluding hydrogens is 158 g/mol. The lowest BCUT2D eigenvalue weighted by molar-refractivity contribution is -0.115. The molecule has 2 amide bonds. The first-order chi connectivity index (χ1) is 5.61. The van der Waals surface area contributed by atoms with Crippen LogP contribution in [0.15, 0.2) is 16.8 Å². The lowest BCUT2D eigenvalue weighted by Crippen LogP contribution is -2.26. The number of rotatable bonds is 2. The molecule has 0 bridgehead atoms. The fourth-order valence-corrected chi connectivity index (χ4v) is 0.912. The Labute approximate surface area is 69.1 Å². The summed E-state index contributed by atoms with van der Waals surface area (Å²) in [5.41, 5.74) is 10.7. The molecule has 0 radical (unpaired) electrons. The van der Waals surface area contributed by atoms with Crippen LogP contribution in [0.2, 0.25) is 0 Å². The average molecular weight is 167 g/mol. The van der Waals surface area contributed by atoms with Crippen LogP contribution in [0.1, 0.15) is 12.8 Å². The molecule has 0 aliphatic carbocycles. The Morgan fingerprint density at radius 1 is 1.25 bits per heavy atom. The molecule has 0 aromatic heterocycles. The van der Waals surface area contributed by atoms with Gasteiger partial charge in [-0.2, -0.15) is 0 Å². The maximum Gasteiger partial charge on any atom is 0.263 e. The summed E-state index contributed by atoms with van der Waals surface area (Å²) < 4.78 is 0. The van der Waals surface area contributed by atoms with Crippen molar-refractivity contribution < 1.29 is 9.59 Å². The van der Waals surface area contributed by atoms with Gasteiger partial charge in [0.05, 0.1) is 0 Å². The number of carbonyl (C=O) groups is 2. The second kappa shape index (κ2) is 3.17. The number of aliphatic imine (C=N–C) groups is 1. The standard InChI is InChI=1S/C7H9N3O2/c8-6(11)4-1-2-5(7(9)12)10-3-4/h3H,1-2H2,(H2,8,11)(H2,9,12). The SMILES string of the molecule is NC(=O)C1=CN=C(C(N)=O)CC1. The summed E-state index contributed by atoms with van der Waals surface area (Å²) in [4.78, 5) is 24.9. The lowest BCUT2D eigenvalue weighted by atomic mass is 10.1. The van der Waals surface area contributed by atoms with Crippen LogP contribution in [0.5, 0.6) is 0 Å². The van der Waals surface area contributed by atoms with Gasteiger partial charge in [0.15, 0.2) is 0 Å². The highest BCUT2D eigenvalue weighted by atomic mass is 16.1. The van der Waals surface area contributed by atoms with E-state index in [-0.39, 0.29) is 0 Å². The van der Waals surface area contributed by atoms with Gasteiger partial charge in [0.25, 0.3) is 5.91 Å². The molecule has 0 spiro atoms. The van der Waals surface area contributed by atoms with Gasteiger partial charge in [-0.3, -0.25) is 14.6 Å². The van der Waals surface area contributed by atoms with Gasteiger partial charge in [0, 0.05) is 11.8 Å². The van der Waals surface area contributed by atoms with Crippen molar-refractivity contribution in [3.05, 3.63) is 11.8 Å². The molecule has 4 N–H and O–H groups in total. The van der Waals surface area contributed by atoms with Gasteiger partial charge in [0.1, 0.15) is 5.71 Å². The molecule has 0 unspecified atom stereocenters. The molecular formula is C7H9N3O2. The van der Waals surface area contributed by atoms with Crippen molar-refractivity contribution in [1.82, 2.24) is 0 Å². The second-order valence-corrected chi connectivity index (χ2v) is 2.46. The summed E-state index contributed by atoms with van der Waals surface area (Å²) in [6.07, 6.45) is 2.13. The molecule has 64 valence electrons. The van der Waals surface area contributed by atoms with Crippen LogP contribution in [-0.4, -0.2) is 17.5 Å². The van der Waals surface area contributed by atoms with Crippen LogP contribution in [0.3, 0.4) is 0 Å². The number of carbonyl (C=O) groups excluding carboxylic acids is 2. The molecule has 0 atom stereocenters. The van der Waals surface area contributed by atoms with E-state index < -0.39 is 11.8 Å². The first kappa shape index (κ1) is 8.45. The van der Waals surface area contributed by atoms with Gasteiger partial charge < -0.3 is 11.5 Å². The maximum absolute atomic E-state index is 10.6. The predicted octanol–water partition coefficient (Wildman–Crippen LogP) is -0.924. The van der Waals surface area contributed by atoms with Crippen LogP contribution in [-0.2, 0) is 9.59 Å². The predicted molar refractivity (Wildman–Crippen MR) is 43.1 cm³/mol. The van der Waals surface area contributed by atoms with Crippen molar-refractivity contribution in [1.29, 1.82) is 0 Å². The molecule has 0 aromatic carbocycles. The molecule has 5 heteroatoms. The fourth-order valence-electron chi connectivity index (χ4n) is 0.912. The van der Waals surface area contributed by atoms with Crippen LogP contribution < -0.4 is 11.5 Å². The van der Waals surface area contributed by atoms with Gasteiger partial charge in [-0.05, 0) is 12.8 Å². The summed E-state index contributed by atoms with van der Waals surface area (Å²) in [6, 6.07) is 0. The van der Waals surface area contributed by atoms with E-state index in [1.807, 2.05) is 0 Å². The molecule has 0 aromatic rings. The van der Waals surface area contributed by atoms with E-state index in [1.54, 1.807) is 0 Å². The van der Waals surface area contributed by atoms with Crippen molar-refractivity contribution in [2.45, 2.75) is 12.8 Å². The van der Waals surface area contributed by atoms with Gasteiger partial charge >= 0.3 is 0 Å². The zero-order chi connectivity index (χ0) is 9.14. The summed E-state index contributed by atoms with van der Waals surface area (Å²) in [7, 11) is 0. The van der Waals surface area contributed by atoms with Crippen LogP contribution >= 0.6 is 0 Å². The number of amides is 2. The monoisotopic (exact) mass is 167 g/mol. The summed E-state index contributed by atoms with van der Waals surface area (Å²) in [5.74, 6) is -1.04. The first-order valence-electron chi connectivity index (χ1n) is 3.46. The number of nitrogens with zero attached hydrogens (tertiary/aromatic N) is 1. The van der Waals surface area contributed by atoms with Crippen molar-refractivity contribution in [3.63, 3.8) is 0 Å². The van der Waals surface area contributed by atoms with Gasteiger partial charge in [0.2, 0.25) is 5.91 Å². The maximum atomic E-state index is 10.6. The van der Waals surface area contributed by atoms with E-state index in [4.69, 9.17) is 11.5 Å². The first-order valence-corrected chi connectivity index (χ1v) is 3.46. The quantitative estimate of drug-likeness (QED) is 0.555. The van der Waals surface area contributed by atoms with Crippen molar-refractivity contribution in [3.8, 4) is 0 Å². The van der Waals surface area contributed by atoms with Crippen molar-refractivity contribution >= 4 is 17.5 Å². The highest BCUT2D eigenvalue weighted by Gasteiger charge is 2.14. The number of hydrogen-bond donors (Lipinski definition) is 2. The molecule has 1 heterocycles. The van der Waals surface area contributed by atoms with E-state index in [0.717, 1.165) is 0 Å². The van der Waals surface area contributed by atoms with E-state index in [1.165, 1.54) is 6.20 Å². The molecule has 0 fully saturated rings. The summed E-state index contributed by atoms with van der Waals surface area (Å²) in [5, 5.41) is 0. The van der Waals surface area contributed by atoms with Crippen molar-refractivity contribution in [2.75, 3.05) is 0 Å². The van der Waals surface area contributed by atoms with E-state index >= 15 is 0 Å². The Kier molecular flexibility index (Phi) is 2.23. The molecule has 5 nitrogen and oxygen atoms in total. The normalized spacial score (nSPS) is 16.3. The third-order valence-electron chi connectivity index (χ3n) is 1.61. The minimum Gasteiger partial charge on any atom is -0.366 e. The fraction of sp³-hybridized carbons (Fsp3) is 0.286. The minimum atomic E-state index is -0.547. The Hall–Kier alpha value is -1.65. The van der Waals surface area contributed by atoms with E-state index in [9.17, 15) is 9.59 Å². The molecule has 1 aliphatic rings. The second-order valence-electron chi connectivity index (χ2n) is 2.46. The topological polar surface area (TPSA) is 98.5 Å². The molecule has 0 saturated heterocycles. The average Bonchev–Trinajstić information content (AvgIpc) is 2.04. The van der Waals surface area contributed by atoms with Crippen molar-refractivity contribution in [2.24, 2.45) is 16.5 Å². The zero-order valence-corrected chi connectivity index (χ0v) is 6.41. The smallest absolute Gasteiger partial charge is 0.263 e. The third-order valence-corrected chi connectivity index (χ3v) is 1.61.